The third-order valence-corrected chi connectivity index (χ3v) is 3.20. The van der Waals surface area contributed by atoms with Crippen molar-refractivity contribution in [3.05, 3.63) is 52.3 Å². The van der Waals surface area contributed by atoms with E-state index in [1.54, 1.807) is 0 Å². The lowest BCUT2D eigenvalue weighted by Crippen LogP contribution is -2.04. The van der Waals surface area contributed by atoms with Crippen molar-refractivity contribution >= 4 is 23.6 Å². The molecule has 0 aliphatic heterocycles. The highest BCUT2D eigenvalue weighted by Gasteiger charge is 2.31. The highest BCUT2D eigenvalue weighted by atomic mass is 35.5. The van der Waals surface area contributed by atoms with E-state index in [0.717, 1.165) is 12.1 Å². The number of carboxylic acid groups (broad SMARTS) is 1. The summed E-state index contributed by atoms with van der Waals surface area (Å²) in [6, 6.07) is 5.95. The van der Waals surface area contributed by atoms with Crippen LogP contribution in [0, 0.1) is 0 Å². The smallest absolute Gasteiger partial charge is 0.416 e. The predicted molar refractivity (Wildman–Crippen MR) is 75.4 cm³/mol. The molecule has 0 saturated carbocycles. The molecule has 0 aliphatic rings. The summed E-state index contributed by atoms with van der Waals surface area (Å²) >= 11 is 5.87. The van der Waals surface area contributed by atoms with E-state index in [0.29, 0.717) is 5.56 Å². The number of carboxylic acids is 1. The number of benzene rings is 1. The van der Waals surface area contributed by atoms with Gasteiger partial charge in [-0.2, -0.15) is 13.2 Å². The normalized spacial score (nSPS) is 12.5. The zero-order valence-electron chi connectivity index (χ0n) is 11.2. The Balaban J connectivity index is 2.36. The number of alkyl halides is 3. The van der Waals surface area contributed by atoms with E-state index in [4.69, 9.17) is 21.1 Å². The second kappa shape index (κ2) is 5.88. The first-order chi connectivity index (χ1) is 10.2. The highest BCUT2D eigenvalue weighted by molar-refractivity contribution is 6.33. The molecule has 0 atom stereocenters. The van der Waals surface area contributed by atoms with Crippen LogP contribution in [0.5, 0.6) is 0 Å². The van der Waals surface area contributed by atoms with Crippen LogP contribution < -0.4 is 0 Å². The first-order valence-corrected chi connectivity index (χ1v) is 6.45. The zero-order chi connectivity index (χ0) is 16.5. The van der Waals surface area contributed by atoms with Crippen molar-refractivity contribution in [2.24, 2.45) is 0 Å². The molecular formula is C15H10ClF3O3. The van der Waals surface area contributed by atoms with Crippen LogP contribution in [-0.4, -0.2) is 11.1 Å². The van der Waals surface area contributed by atoms with Crippen LogP contribution in [0.2, 0.25) is 5.02 Å². The Morgan fingerprint density at radius 3 is 2.50 bits per heavy atom. The van der Waals surface area contributed by atoms with E-state index in [-0.39, 0.29) is 22.1 Å². The van der Waals surface area contributed by atoms with Gasteiger partial charge in [-0.05, 0) is 43.3 Å². The molecule has 0 radical (unpaired) electrons. The van der Waals surface area contributed by atoms with E-state index in [1.165, 1.54) is 31.2 Å². The van der Waals surface area contributed by atoms with Crippen LogP contribution in [0.4, 0.5) is 13.2 Å². The van der Waals surface area contributed by atoms with Crippen molar-refractivity contribution in [1.82, 2.24) is 0 Å². The monoisotopic (exact) mass is 330 g/mol. The molecule has 0 spiro atoms. The van der Waals surface area contributed by atoms with Crippen molar-refractivity contribution in [1.29, 1.82) is 0 Å². The van der Waals surface area contributed by atoms with Gasteiger partial charge in [-0.1, -0.05) is 11.6 Å². The summed E-state index contributed by atoms with van der Waals surface area (Å²) in [6.07, 6.45) is -3.17. The van der Waals surface area contributed by atoms with Gasteiger partial charge >= 0.3 is 12.1 Å². The molecule has 2 aromatic rings. The maximum absolute atomic E-state index is 12.6. The van der Waals surface area contributed by atoms with Crippen molar-refractivity contribution in [2.75, 3.05) is 0 Å². The Bertz CT molecular complexity index is 745. The molecule has 3 nitrogen and oxygen atoms in total. The lowest BCUT2D eigenvalue weighted by molar-refractivity contribution is -0.137. The van der Waals surface area contributed by atoms with Gasteiger partial charge in [0.15, 0.2) is 0 Å². The van der Waals surface area contributed by atoms with Crippen molar-refractivity contribution in [3.63, 3.8) is 0 Å². The maximum Gasteiger partial charge on any atom is 0.416 e. The fraction of sp³-hybridized carbons (Fsp3) is 0.133. The SMILES string of the molecule is C/C(=C\c1ccc(-c2ccc(C(F)(F)F)cc2Cl)o1)C(=O)O. The van der Waals surface area contributed by atoms with Crippen LogP contribution in [0.15, 0.2) is 40.3 Å². The quantitative estimate of drug-likeness (QED) is 0.796. The average Bonchev–Trinajstić information content (AvgIpc) is 2.85. The minimum absolute atomic E-state index is 0.0689. The summed E-state index contributed by atoms with van der Waals surface area (Å²) in [5, 5.41) is 8.68. The van der Waals surface area contributed by atoms with E-state index < -0.39 is 17.7 Å². The molecule has 116 valence electrons. The number of carbonyl (C=O) groups is 1. The number of aliphatic carboxylic acids is 1. The molecule has 7 heteroatoms. The number of hydrogen-bond donors (Lipinski definition) is 1. The Labute approximate surface area is 128 Å². The number of rotatable bonds is 3. The molecule has 1 aromatic carbocycles. The summed E-state index contributed by atoms with van der Waals surface area (Å²) in [4.78, 5) is 10.7. The Kier molecular flexibility index (Phi) is 4.32. The number of hydrogen-bond acceptors (Lipinski definition) is 2. The largest absolute Gasteiger partial charge is 0.478 e. The Hall–Kier alpha value is -2.21. The third-order valence-electron chi connectivity index (χ3n) is 2.88. The van der Waals surface area contributed by atoms with Gasteiger partial charge in [0.2, 0.25) is 0 Å². The van der Waals surface area contributed by atoms with Crippen molar-refractivity contribution < 1.29 is 27.5 Å². The first-order valence-electron chi connectivity index (χ1n) is 6.07. The molecule has 1 aromatic heterocycles. The molecule has 2 rings (SSSR count). The standard InChI is InChI=1S/C15H10ClF3O3/c1-8(14(20)21)6-10-3-5-13(22-10)11-4-2-9(7-12(11)16)15(17,18)19/h2-7H,1H3,(H,20,21)/b8-6+. The van der Waals surface area contributed by atoms with Gasteiger partial charge in [0, 0.05) is 11.1 Å². The van der Waals surface area contributed by atoms with Crippen LogP contribution >= 0.6 is 11.6 Å². The van der Waals surface area contributed by atoms with Gasteiger partial charge in [-0.3, -0.25) is 0 Å². The molecule has 0 aliphatic carbocycles. The lowest BCUT2D eigenvalue weighted by Gasteiger charge is -2.08. The molecule has 0 fully saturated rings. The van der Waals surface area contributed by atoms with Gasteiger partial charge in [0.25, 0.3) is 0 Å². The van der Waals surface area contributed by atoms with E-state index in [2.05, 4.69) is 0 Å². The fourth-order valence-electron chi connectivity index (χ4n) is 1.74. The molecule has 0 unspecified atom stereocenters. The average molecular weight is 331 g/mol. The maximum atomic E-state index is 12.6. The van der Waals surface area contributed by atoms with E-state index in [9.17, 15) is 18.0 Å². The minimum Gasteiger partial charge on any atom is -0.478 e. The molecular weight excluding hydrogens is 321 g/mol. The topological polar surface area (TPSA) is 50.4 Å². The van der Waals surface area contributed by atoms with Gasteiger partial charge < -0.3 is 9.52 Å². The van der Waals surface area contributed by atoms with Gasteiger partial charge in [0.05, 0.1) is 10.6 Å². The zero-order valence-corrected chi connectivity index (χ0v) is 12.0. The minimum atomic E-state index is -4.47. The first kappa shape index (κ1) is 16.2. The molecule has 1 N–H and O–H groups in total. The van der Waals surface area contributed by atoms with Crippen LogP contribution in [-0.2, 0) is 11.0 Å². The highest BCUT2D eigenvalue weighted by Crippen LogP contribution is 2.36. The molecule has 0 bridgehead atoms. The predicted octanol–water partition coefficient (Wildman–Crippen LogP) is 5.11. The van der Waals surface area contributed by atoms with Gasteiger partial charge in [-0.25, -0.2) is 4.79 Å². The Morgan fingerprint density at radius 1 is 1.27 bits per heavy atom. The Morgan fingerprint density at radius 2 is 1.95 bits per heavy atom. The van der Waals surface area contributed by atoms with E-state index >= 15 is 0 Å². The second-order valence-electron chi connectivity index (χ2n) is 4.53. The summed E-state index contributed by atoms with van der Waals surface area (Å²) in [5.41, 5.74) is -0.489. The molecule has 0 saturated heterocycles. The van der Waals surface area contributed by atoms with Crippen LogP contribution in [0.25, 0.3) is 17.4 Å². The van der Waals surface area contributed by atoms with Crippen molar-refractivity contribution in [2.45, 2.75) is 13.1 Å². The molecule has 0 amide bonds. The molecule has 1 heterocycles. The fourth-order valence-corrected chi connectivity index (χ4v) is 2.02. The summed E-state index contributed by atoms with van der Waals surface area (Å²) in [6.45, 7) is 1.40. The van der Waals surface area contributed by atoms with Gasteiger partial charge in [-0.15, -0.1) is 0 Å². The van der Waals surface area contributed by atoms with Crippen LogP contribution in [0.1, 0.15) is 18.2 Å². The summed E-state index contributed by atoms with van der Waals surface area (Å²) in [5.74, 6) is -0.570. The third kappa shape index (κ3) is 3.51. The summed E-state index contributed by atoms with van der Waals surface area (Å²) < 4.78 is 43.1. The van der Waals surface area contributed by atoms with Crippen LogP contribution in [0.3, 0.4) is 0 Å². The lowest BCUT2D eigenvalue weighted by atomic mass is 10.1. The van der Waals surface area contributed by atoms with Gasteiger partial charge in [0.1, 0.15) is 11.5 Å². The second-order valence-corrected chi connectivity index (χ2v) is 4.93. The number of furan rings is 1. The number of halogens is 4. The molecule has 22 heavy (non-hydrogen) atoms. The van der Waals surface area contributed by atoms with E-state index in [1.807, 2.05) is 0 Å². The summed E-state index contributed by atoms with van der Waals surface area (Å²) in [7, 11) is 0. The van der Waals surface area contributed by atoms with Crippen molar-refractivity contribution in [3.8, 4) is 11.3 Å².